The van der Waals surface area contributed by atoms with Crippen molar-refractivity contribution in [1.29, 1.82) is 0 Å². The van der Waals surface area contributed by atoms with Gasteiger partial charge >= 0.3 is 0 Å². The summed E-state index contributed by atoms with van der Waals surface area (Å²) in [6.07, 6.45) is 4.03. The number of nitrogens with zero attached hydrogens (tertiary/aromatic N) is 4. The van der Waals surface area contributed by atoms with E-state index in [-0.39, 0.29) is 0 Å². The van der Waals surface area contributed by atoms with E-state index in [0.29, 0.717) is 12.0 Å². The summed E-state index contributed by atoms with van der Waals surface area (Å²) in [4.78, 5) is 10.4. The Balaban J connectivity index is 1.47. The first kappa shape index (κ1) is 17.9. The molecule has 0 spiro atoms. The molecule has 0 aromatic carbocycles. The Hall–Kier alpha value is -1.89. The quantitative estimate of drug-likeness (QED) is 0.612. The predicted octanol–water partition coefficient (Wildman–Crippen LogP) is 2.26. The van der Waals surface area contributed by atoms with Crippen LogP contribution in [0.15, 0.2) is 22.5 Å². The number of fused-ring (bicyclic) bond motifs is 1. The van der Waals surface area contributed by atoms with Crippen molar-refractivity contribution in [2.75, 3.05) is 13.6 Å². The Bertz CT molecular complexity index is 690. The summed E-state index contributed by atoms with van der Waals surface area (Å²) >= 11 is 1.83. The molecule has 2 atom stereocenters. The summed E-state index contributed by atoms with van der Waals surface area (Å²) in [6, 6.07) is 4.67. The molecule has 0 bridgehead atoms. The number of hydrogen-bond donors (Lipinski definition) is 2. The average molecular weight is 361 g/mol. The van der Waals surface area contributed by atoms with Crippen molar-refractivity contribution in [1.82, 2.24) is 25.4 Å². The van der Waals surface area contributed by atoms with Crippen molar-refractivity contribution >= 4 is 17.3 Å². The maximum Gasteiger partial charge on any atom is 0.191 e. The molecule has 0 aliphatic carbocycles. The normalized spacial score (nSPS) is 18.7. The van der Waals surface area contributed by atoms with Crippen molar-refractivity contribution in [3.8, 4) is 0 Å². The molecule has 2 N–H and O–H groups in total. The van der Waals surface area contributed by atoms with Crippen LogP contribution in [0.5, 0.6) is 0 Å². The van der Waals surface area contributed by atoms with Crippen molar-refractivity contribution in [3.05, 3.63) is 34.0 Å². The molecular weight excluding hydrogens is 332 g/mol. The number of guanidine groups is 1. The Morgan fingerprint density at radius 1 is 1.52 bits per heavy atom. The minimum atomic E-state index is 0.345. The number of nitrogens with one attached hydrogen (secondary N) is 2. The van der Waals surface area contributed by atoms with Crippen molar-refractivity contribution < 1.29 is 0 Å². The van der Waals surface area contributed by atoms with E-state index < -0.39 is 0 Å². The molecular formula is C18H28N6S. The number of aliphatic imine (C=N–C) groups is 1. The second-order valence-electron chi connectivity index (χ2n) is 6.70. The monoisotopic (exact) mass is 360 g/mol. The van der Waals surface area contributed by atoms with Gasteiger partial charge in [0.1, 0.15) is 5.82 Å². The molecule has 7 heteroatoms. The standard InChI is InChI=1S/C18H28N6S/c1-4-16-22-17-8-7-14(12-24(17)23-16)21-18(19-3)20-11-13(2)10-15-6-5-9-25-15/h5-6,9,13-14H,4,7-8,10-12H2,1-3H3,(H2,19,20,21). The van der Waals surface area contributed by atoms with Gasteiger partial charge in [0.25, 0.3) is 0 Å². The van der Waals surface area contributed by atoms with E-state index in [9.17, 15) is 0 Å². The molecule has 0 radical (unpaired) electrons. The van der Waals surface area contributed by atoms with Crippen LogP contribution < -0.4 is 10.6 Å². The van der Waals surface area contributed by atoms with Crippen LogP contribution in [-0.4, -0.2) is 40.4 Å². The smallest absolute Gasteiger partial charge is 0.191 e. The highest BCUT2D eigenvalue weighted by atomic mass is 32.1. The van der Waals surface area contributed by atoms with Crippen molar-refractivity contribution in [2.45, 2.75) is 52.1 Å². The van der Waals surface area contributed by atoms with Crippen LogP contribution in [0.4, 0.5) is 0 Å². The molecule has 25 heavy (non-hydrogen) atoms. The molecule has 1 aliphatic rings. The Kier molecular flexibility index (Phi) is 6.07. The van der Waals surface area contributed by atoms with E-state index in [2.05, 4.69) is 57.1 Å². The molecule has 3 heterocycles. The summed E-state index contributed by atoms with van der Waals surface area (Å²) in [5.41, 5.74) is 0. The number of rotatable bonds is 6. The summed E-state index contributed by atoms with van der Waals surface area (Å²) in [5, 5.41) is 13.7. The topological polar surface area (TPSA) is 67.1 Å². The van der Waals surface area contributed by atoms with Crippen LogP contribution in [0.1, 0.15) is 36.8 Å². The lowest BCUT2D eigenvalue weighted by Crippen LogP contribution is -2.48. The average Bonchev–Trinajstić information content (AvgIpc) is 3.27. The number of hydrogen-bond acceptors (Lipinski definition) is 4. The van der Waals surface area contributed by atoms with E-state index in [0.717, 1.165) is 56.4 Å². The molecule has 3 rings (SSSR count). The van der Waals surface area contributed by atoms with Crippen molar-refractivity contribution in [2.24, 2.45) is 10.9 Å². The van der Waals surface area contributed by atoms with Gasteiger partial charge in [-0.1, -0.05) is 19.9 Å². The van der Waals surface area contributed by atoms with E-state index in [4.69, 9.17) is 0 Å². The Labute approximate surface area is 153 Å². The highest BCUT2D eigenvalue weighted by molar-refractivity contribution is 7.09. The number of thiophene rings is 1. The summed E-state index contributed by atoms with van der Waals surface area (Å²) < 4.78 is 2.05. The SMILES string of the molecule is CCc1nc2n(n1)CC(NC(=NC)NCC(C)Cc1cccs1)CC2. The number of aromatic nitrogens is 3. The predicted molar refractivity (Wildman–Crippen MR) is 103 cm³/mol. The van der Waals surface area contributed by atoms with Crippen LogP contribution >= 0.6 is 11.3 Å². The fourth-order valence-electron chi connectivity index (χ4n) is 3.13. The highest BCUT2D eigenvalue weighted by Gasteiger charge is 2.22. The Morgan fingerprint density at radius 2 is 2.40 bits per heavy atom. The largest absolute Gasteiger partial charge is 0.356 e. The van der Waals surface area contributed by atoms with Crippen LogP contribution in [-0.2, 0) is 25.8 Å². The maximum absolute atomic E-state index is 4.58. The van der Waals surface area contributed by atoms with Gasteiger partial charge in [0.05, 0.1) is 6.54 Å². The van der Waals surface area contributed by atoms with E-state index >= 15 is 0 Å². The minimum absolute atomic E-state index is 0.345. The van der Waals surface area contributed by atoms with E-state index in [1.54, 1.807) is 0 Å². The molecule has 2 aromatic rings. The van der Waals surface area contributed by atoms with Gasteiger partial charge in [-0.2, -0.15) is 5.10 Å². The summed E-state index contributed by atoms with van der Waals surface area (Å²) in [5.74, 6) is 3.50. The first-order valence-corrected chi connectivity index (χ1v) is 9.98. The van der Waals surface area contributed by atoms with Gasteiger partial charge in [-0.3, -0.25) is 4.99 Å². The van der Waals surface area contributed by atoms with Gasteiger partial charge in [-0.25, -0.2) is 9.67 Å². The lowest BCUT2D eigenvalue weighted by atomic mass is 10.1. The summed E-state index contributed by atoms with van der Waals surface area (Å²) in [6.45, 7) is 6.14. The van der Waals surface area contributed by atoms with Crippen LogP contribution in [0.3, 0.4) is 0 Å². The van der Waals surface area contributed by atoms with Crippen molar-refractivity contribution in [3.63, 3.8) is 0 Å². The molecule has 0 fully saturated rings. The molecule has 2 aromatic heterocycles. The van der Waals surface area contributed by atoms with Gasteiger partial charge in [0, 0.05) is 37.4 Å². The van der Waals surface area contributed by atoms with Crippen LogP contribution in [0.2, 0.25) is 0 Å². The third-order valence-corrected chi connectivity index (χ3v) is 5.43. The van der Waals surface area contributed by atoms with Gasteiger partial charge in [0.2, 0.25) is 0 Å². The molecule has 6 nitrogen and oxygen atoms in total. The zero-order chi connectivity index (χ0) is 17.6. The molecule has 2 unspecified atom stereocenters. The van der Waals surface area contributed by atoms with Gasteiger partial charge < -0.3 is 10.6 Å². The highest BCUT2D eigenvalue weighted by Crippen LogP contribution is 2.15. The Morgan fingerprint density at radius 3 is 3.12 bits per heavy atom. The fraction of sp³-hybridized carbons (Fsp3) is 0.611. The third-order valence-electron chi connectivity index (χ3n) is 4.53. The van der Waals surface area contributed by atoms with Gasteiger partial charge in [-0.15, -0.1) is 11.3 Å². The summed E-state index contributed by atoms with van der Waals surface area (Å²) in [7, 11) is 1.83. The minimum Gasteiger partial charge on any atom is -0.356 e. The number of aryl methyl sites for hydroxylation is 2. The lowest BCUT2D eigenvalue weighted by molar-refractivity contribution is 0.391. The first-order valence-electron chi connectivity index (χ1n) is 9.10. The lowest BCUT2D eigenvalue weighted by Gasteiger charge is -2.26. The van der Waals surface area contributed by atoms with Gasteiger partial charge in [0.15, 0.2) is 11.8 Å². The molecule has 0 saturated heterocycles. The van der Waals surface area contributed by atoms with E-state index in [1.807, 2.05) is 23.1 Å². The first-order chi connectivity index (χ1) is 12.2. The second kappa shape index (κ2) is 8.47. The fourth-order valence-corrected chi connectivity index (χ4v) is 4.00. The van der Waals surface area contributed by atoms with Crippen LogP contribution in [0.25, 0.3) is 0 Å². The zero-order valence-electron chi connectivity index (χ0n) is 15.3. The van der Waals surface area contributed by atoms with Crippen LogP contribution in [0, 0.1) is 5.92 Å². The van der Waals surface area contributed by atoms with E-state index in [1.165, 1.54) is 4.88 Å². The molecule has 1 aliphatic heterocycles. The maximum atomic E-state index is 4.58. The molecule has 0 amide bonds. The third kappa shape index (κ3) is 4.81. The second-order valence-corrected chi connectivity index (χ2v) is 7.73. The van der Waals surface area contributed by atoms with Gasteiger partial charge in [-0.05, 0) is 30.2 Å². The molecule has 0 saturated carbocycles. The zero-order valence-corrected chi connectivity index (χ0v) is 16.1. The molecule has 136 valence electrons.